The Morgan fingerprint density at radius 3 is 2.45 bits per heavy atom. The fourth-order valence-electron chi connectivity index (χ4n) is 1.44. The molecule has 1 N–H and O–H groups in total. The van der Waals surface area contributed by atoms with Crippen molar-refractivity contribution in [1.29, 1.82) is 0 Å². The van der Waals surface area contributed by atoms with E-state index >= 15 is 0 Å². The van der Waals surface area contributed by atoms with Crippen LogP contribution < -0.4 is 0 Å². The minimum absolute atomic E-state index is 0.0784. The molecule has 0 bridgehead atoms. The van der Waals surface area contributed by atoms with Crippen molar-refractivity contribution in [3.63, 3.8) is 0 Å². The molecule has 0 aliphatic carbocycles. The standard InChI is InChI=1S/C11H15NO6S2/c1-7(2)12(5-10(13)18-3)20(16,17)8-4-9(11(14)15)19-6-8/h4,6-7H,5H2,1-3H3,(H,14,15). The third-order valence-corrected chi connectivity index (χ3v) is 5.55. The largest absolute Gasteiger partial charge is 0.477 e. The van der Waals surface area contributed by atoms with Gasteiger partial charge in [0, 0.05) is 11.4 Å². The molecule has 0 spiro atoms. The zero-order valence-corrected chi connectivity index (χ0v) is 12.8. The maximum atomic E-state index is 12.4. The summed E-state index contributed by atoms with van der Waals surface area (Å²) >= 11 is 0.817. The van der Waals surface area contributed by atoms with E-state index < -0.39 is 34.5 Å². The molecule has 9 heteroatoms. The second kappa shape index (κ2) is 6.33. The number of hydrogen-bond acceptors (Lipinski definition) is 6. The molecule has 0 saturated carbocycles. The number of hydrogen-bond donors (Lipinski definition) is 1. The smallest absolute Gasteiger partial charge is 0.345 e. The van der Waals surface area contributed by atoms with Crippen LogP contribution in [0.1, 0.15) is 23.5 Å². The quantitative estimate of drug-likeness (QED) is 0.785. The summed E-state index contributed by atoms with van der Waals surface area (Å²) < 4.78 is 30.2. The van der Waals surface area contributed by atoms with E-state index in [2.05, 4.69) is 4.74 Å². The van der Waals surface area contributed by atoms with Gasteiger partial charge in [-0.15, -0.1) is 11.3 Å². The van der Waals surface area contributed by atoms with Gasteiger partial charge in [0.25, 0.3) is 0 Å². The number of methoxy groups -OCH3 is 1. The van der Waals surface area contributed by atoms with Gasteiger partial charge in [-0.1, -0.05) is 0 Å². The summed E-state index contributed by atoms with van der Waals surface area (Å²) in [4.78, 5) is 21.9. The summed E-state index contributed by atoms with van der Waals surface area (Å²) in [6.45, 7) is 2.81. The van der Waals surface area contributed by atoms with Crippen molar-refractivity contribution >= 4 is 33.3 Å². The third kappa shape index (κ3) is 3.56. The number of carboxylic acid groups (broad SMARTS) is 1. The first kappa shape index (κ1) is 16.6. The van der Waals surface area contributed by atoms with E-state index in [-0.39, 0.29) is 9.77 Å². The number of carbonyl (C=O) groups is 2. The molecule has 1 aromatic rings. The van der Waals surface area contributed by atoms with Gasteiger partial charge in [0.2, 0.25) is 10.0 Å². The van der Waals surface area contributed by atoms with E-state index in [1.807, 2.05) is 0 Å². The van der Waals surface area contributed by atoms with Crippen LogP contribution in [0.3, 0.4) is 0 Å². The topological polar surface area (TPSA) is 101 Å². The number of thiophene rings is 1. The van der Waals surface area contributed by atoms with Gasteiger partial charge in [-0.05, 0) is 19.9 Å². The fourth-order valence-corrected chi connectivity index (χ4v) is 4.12. The second-order valence-electron chi connectivity index (χ2n) is 4.17. The summed E-state index contributed by atoms with van der Waals surface area (Å²) in [5, 5.41) is 10.1. The van der Waals surface area contributed by atoms with Crippen LogP contribution in [0.15, 0.2) is 16.3 Å². The maximum absolute atomic E-state index is 12.4. The predicted molar refractivity (Wildman–Crippen MR) is 72.3 cm³/mol. The van der Waals surface area contributed by atoms with Crippen LogP contribution in [0.25, 0.3) is 0 Å². The van der Waals surface area contributed by atoms with Gasteiger partial charge in [0.1, 0.15) is 11.4 Å². The SMILES string of the molecule is COC(=O)CN(C(C)C)S(=O)(=O)c1csc(C(=O)O)c1. The van der Waals surface area contributed by atoms with E-state index in [4.69, 9.17) is 5.11 Å². The molecule has 0 saturated heterocycles. The zero-order chi connectivity index (χ0) is 15.5. The molecule has 7 nitrogen and oxygen atoms in total. The van der Waals surface area contributed by atoms with Gasteiger partial charge in [-0.2, -0.15) is 4.31 Å². The van der Waals surface area contributed by atoms with E-state index in [1.165, 1.54) is 12.5 Å². The lowest BCUT2D eigenvalue weighted by Gasteiger charge is -2.24. The summed E-state index contributed by atoms with van der Waals surface area (Å²) in [7, 11) is -2.77. The van der Waals surface area contributed by atoms with Gasteiger partial charge >= 0.3 is 11.9 Å². The molecular formula is C11H15NO6S2. The lowest BCUT2D eigenvalue weighted by molar-refractivity contribution is -0.141. The number of rotatable bonds is 6. The Morgan fingerprint density at radius 1 is 1.45 bits per heavy atom. The molecule has 0 atom stereocenters. The van der Waals surface area contributed by atoms with E-state index in [1.54, 1.807) is 13.8 Å². The first-order valence-corrected chi connectivity index (χ1v) is 7.92. The molecule has 0 fully saturated rings. The maximum Gasteiger partial charge on any atom is 0.345 e. The van der Waals surface area contributed by atoms with Crippen LogP contribution in [0, 0.1) is 0 Å². The van der Waals surface area contributed by atoms with Gasteiger partial charge in [0.15, 0.2) is 0 Å². The highest BCUT2D eigenvalue weighted by molar-refractivity contribution is 7.89. The number of sulfonamides is 1. The van der Waals surface area contributed by atoms with Crippen LogP contribution in [0.5, 0.6) is 0 Å². The van der Waals surface area contributed by atoms with Gasteiger partial charge in [-0.3, -0.25) is 4.79 Å². The summed E-state index contributed by atoms with van der Waals surface area (Å²) in [6.07, 6.45) is 0. The van der Waals surface area contributed by atoms with Crippen molar-refractivity contribution < 1.29 is 27.9 Å². The molecule has 0 aromatic carbocycles. The Balaban J connectivity index is 3.15. The van der Waals surface area contributed by atoms with E-state index in [0.717, 1.165) is 21.7 Å². The number of carbonyl (C=O) groups excluding carboxylic acids is 1. The highest BCUT2D eigenvalue weighted by Gasteiger charge is 2.30. The van der Waals surface area contributed by atoms with Crippen LogP contribution >= 0.6 is 11.3 Å². The monoisotopic (exact) mass is 321 g/mol. The average Bonchev–Trinajstić information content (AvgIpc) is 2.85. The van der Waals surface area contributed by atoms with Gasteiger partial charge < -0.3 is 9.84 Å². The lowest BCUT2D eigenvalue weighted by Crippen LogP contribution is -2.40. The normalized spacial score (nSPS) is 11.8. The molecule has 0 unspecified atom stereocenters. The number of aromatic carboxylic acids is 1. The van der Waals surface area contributed by atoms with Gasteiger partial charge in [0.05, 0.1) is 12.0 Å². The Morgan fingerprint density at radius 2 is 2.05 bits per heavy atom. The molecule has 0 radical (unpaired) electrons. The number of carboxylic acids is 1. The van der Waals surface area contributed by atoms with Crippen molar-refractivity contribution in [2.45, 2.75) is 24.8 Å². The van der Waals surface area contributed by atoms with Crippen molar-refractivity contribution in [3.05, 3.63) is 16.3 Å². The Hall–Kier alpha value is -1.45. The first-order chi connectivity index (χ1) is 9.20. The molecular weight excluding hydrogens is 306 g/mol. The van der Waals surface area contributed by atoms with Crippen LogP contribution in [-0.2, 0) is 19.6 Å². The summed E-state index contributed by atoms with van der Waals surface area (Å²) in [6, 6.07) is 0.613. The molecule has 20 heavy (non-hydrogen) atoms. The van der Waals surface area contributed by atoms with Crippen molar-refractivity contribution in [1.82, 2.24) is 4.31 Å². The third-order valence-electron chi connectivity index (χ3n) is 2.48. The Kier molecular flexibility index (Phi) is 5.26. The number of ether oxygens (including phenoxy) is 1. The summed E-state index contributed by atoms with van der Waals surface area (Å²) in [5.41, 5.74) is 0. The molecule has 0 aliphatic heterocycles. The zero-order valence-electron chi connectivity index (χ0n) is 11.2. The van der Waals surface area contributed by atoms with Crippen LogP contribution in [0.2, 0.25) is 0 Å². The Bertz CT molecular complexity index is 604. The van der Waals surface area contributed by atoms with Crippen molar-refractivity contribution in [3.8, 4) is 0 Å². The van der Waals surface area contributed by atoms with Crippen LogP contribution in [0.4, 0.5) is 0 Å². The number of nitrogens with zero attached hydrogens (tertiary/aromatic N) is 1. The summed E-state index contributed by atoms with van der Waals surface area (Å²) in [5.74, 6) is -1.88. The van der Waals surface area contributed by atoms with E-state index in [0.29, 0.717) is 0 Å². The predicted octanol–water partition coefficient (Wildman–Crippen LogP) is 1.02. The minimum Gasteiger partial charge on any atom is -0.477 e. The highest BCUT2D eigenvalue weighted by atomic mass is 32.2. The Labute approximate surface area is 120 Å². The van der Waals surface area contributed by atoms with Crippen molar-refractivity contribution in [2.75, 3.05) is 13.7 Å². The second-order valence-corrected chi connectivity index (χ2v) is 6.97. The van der Waals surface area contributed by atoms with Crippen LogP contribution in [-0.4, -0.2) is 49.5 Å². The highest BCUT2D eigenvalue weighted by Crippen LogP contribution is 2.24. The molecule has 1 heterocycles. The molecule has 1 rings (SSSR count). The van der Waals surface area contributed by atoms with Gasteiger partial charge in [-0.25, -0.2) is 13.2 Å². The van der Waals surface area contributed by atoms with Crippen molar-refractivity contribution in [2.24, 2.45) is 0 Å². The lowest BCUT2D eigenvalue weighted by atomic mass is 10.4. The molecule has 0 aliphatic rings. The van der Waals surface area contributed by atoms with E-state index in [9.17, 15) is 18.0 Å². The average molecular weight is 321 g/mol. The molecule has 1 aromatic heterocycles. The minimum atomic E-state index is -3.94. The number of esters is 1. The first-order valence-electron chi connectivity index (χ1n) is 5.60. The molecule has 112 valence electrons. The fraction of sp³-hybridized carbons (Fsp3) is 0.455. The molecule has 0 amide bonds.